The summed E-state index contributed by atoms with van der Waals surface area (Å²) in [6, 6.07) is 8.31. The number of benzene rings is 1. The Labute approximate surface area is 160 Å². The molecular formula is C21H29N3O3. The molecular weight excluding hydrogens is 342 g/mol. The van der Waals surface area contributed by atoms with Gasteiger partial charge in [0.2, 0.25) is 5.91 Å². The Morgan fingerprint density at radius 1 is 1.11 bits per heavy atom. The van der Waals surface area contributed by atoms with Crippen molar-refractivity contribution in [2.75, 3.05) is 26.2 Å². The molecule has 0 radical (unpaired) electrons. The van der Waals surface area contributed by atoms with Gasteiger partial charge < -0.3 is 15.4 Å². The van der Waals surface area contributed by atoms with Gasteiger partial charge in [0.1, 0.15) is 5.75 Å². The Kier molecular flexibility index (Phi) is 5.34. The van der Waals surface area contributed by atoms with E-state index in [-0.39, 0.29) is 12.5 Å². The van der Waals surface area contributed by atoms with Gasteiger partial charge in [0, 0.05) is 38.1 Å². The number of nitrogens with zero attached hydrogens (tertiary/aromatic N) is 2. The van der Waals surface area contributed by atoms with Crippen LogP contribution in [0.25, 0.3) is 0 Å². The summed E-state index contributed by atoms with van der Waals surface area (Å²) in [5.74, 6) is 1.45. The maximum atomic E-state index is 12.7. The van der Waals surface area contributed by atoms with Crippen molar-refractivity contribution in [3.05, 3.63) is 29.8 Å². The number of ether oxygens (including phenoxy) is 1. The van der Waals surface area contributed by atoms with Gasteiger partial charge in [-0.3, -0.25) is 14.5 Å². The molecule has 2 N–H and O–H groups in total. The number of amides is 2. The zero-order chi connectivity index (χ0) is 18.8. The molecule has 1 aromatic carbocycles. The maximum absolute atomic E-state index is 12.7. The summed E-state index contributed by atoms with van der Waals surface area (Å²) < 4.78 is 5.43. The summed E-state index contributed by atoms with van der Waals surface area (Å²) in [7, 11) is 0. The van der Waals surface area contributed by atoms with Gasteiger partial charge in [0.25, 0.3) is 5.91 Å². The predicted octanol–water partition coefficient (Wildman–Crippen LogP) is 1.77. The van der Waals surface area contributed by atoms with Crippen LogP contribution in [0.5, 0.6) is 5.75 Å². The van der Waals surface area contributed by atoms with Crippen molar-refractivity contribution < 1.29 is 14.3 Å². The number of hydrogen-bond donors (Lipinski definition) is 1. The molecule has 5 rings (SSSR count). The number of rotatable bonds is 6. The average Bonchev–Trinajstić information content (AvgIpc) is 2.91. The number of fused-ring (bicyclic) bond motifs is 4. The van der Waals surface area contributed by atoms with Crippen LogP contribution in [0.2, 0.25) is 0 Å². The molecule has 6 nitrogen and oxygen atoms in total. The van der Waals surface area contributed by atoms with Crippen LogP contribution in [-0.2, 0) is 16.1 Å². The maximum Gasteiger partial charge on any atom is 0.255 e. The minimum Gasteiger partial charge on any atom is -0.484 e. The first-order valence-electron chi connectivity index (χ1n) is 10.1. The van der Waals surface area contributed by atoms with Crippen LogP contribution >= 0.6 is 0 Å². The fourth-order valence-corrected chi connectivity index (χ4v) is 4.59. The second-order valence-electron chi connectivity index (χ2n) is 8.30. The fraction of sp³-hybridized carbons (Fsp3) is 0.619. The first-order chi connectivity index (χ1) is 13.1. The van der Waals surface area contributed by atoms with E-state index in [1.807, 2.05) is 18.2 Å². The molecule has 3 aliphatic heterocycles. The van der Waals surface area contributed by atoms with E-state index in [4.69, 9.17) is 10.5 Å². The van der Waals surface area contributed by atoms with E-state index >= 15 is 0 Å². The van der Waals surface area contributed by atoms with Gasteiger partial charge in [-0.1, -0.05) is 18.6 Å². The van der Waals surface area contributed by atoms with Crippen LogP contribution in [0, 0.1) is 11.8 Å². The molecule has 2 atom stereocenters. The predicted molar refractivity (Wildman–Crippen MR) is 102 cm³/mol. The molecule has 1 aliphatic carbocycles. The topological polar surface area (TPSA) is 75.9 Å². The van der Waals surface area contributed by atoms with Crippen LogP contribution in [0.3, 0.4) is 0 Å². The minimum atomic E-state index is -0.471. The van der Waals surface area contributed by atoms with Gasteiger partial charge in [0.15, 0.2) is 6.61 Å². The summed E-state index contributed by atoms with van der Waals surface area (Å²) in [6.07, 6.45) is 5.74. The Bertz CT molecular complexity index is 704. The molecule has 0 aromatic heterocycles. The third kappa shape index (κ3) is 4.26. The number of nitrogens with two attached hydrogens (primary N) is 1. The Hall–Kier alpha value is -2.08. The molecule has 0 unspecified atom stereocenters. The third-order valence-corrected chi connectivity index (χ3v) is 6.26. The largest absolute Gasteiger partial charge is 0.484 e. The summed E-state index contributed by atoms with van der Waals surface area (Å²) in [6.45, 7) is 3.58. The minimum absolute atomic E-state index is 0.101. The summed E-state index contributed by atoms with van der Waals surface area (Å²) in [5, 5.41) is 0. The smallest absolute Gasteiger partial charge is 0.255 e. The van der Waals surface area contributed by atoms with Gasteiger partial charge in [-0.05, 0) is 49.3 Å². The molecule has 3 heterocycles. The van der Waals surface area contributed by atoms with Crippen molar-refractivity contribution in [3.8, 4) is 5.75 Å². The second kappa shape index (κ2) is 7.89. The van der Waals surface area contributed by atoms with Gasteiger partial charge in [-0.2, -0.15) is 0 Å². The van der Waals surface area contributed by atoms with E-state index in [0.29, 0.717) is 23.6 Å². The third-order valence-electron chi connectivity index (χ3n) is 6.26. The number of primary amides is 1. The van der Waals surface area contributed by atoms with Crippen molar-refractivity contribution in [2.45, 2.75) is 44.7 Å². The number of carbonyl (C=O) groups excluding carboxylic acids is 2. The highest BCUT2D eigenvalue weighted by atomic mass is 16.5. The average molecular weight is 371 g/mol. The molecule has 1 aromatic rings. The van der Waals surface area contributed by atoms with Crippen LogP contribution in [0.15, 0.2) is 24.3 Å². The SMILES string of the molecule is NC(=O)COc1cccc(CN2C[C@H]3CC[C@@H]2CN(C(=O)C2CCC2)C3)c1. The highest BCUT2D eigenvalue weighted by Gasteiger charge is 2.39. The highest BCUT2D eigenvalue weighted by molar-refractivity contribution is 5.79. The highest BCUT2D eigenvalue weighted by Crippen LogP contribution is 2.33. The molecule has 4 fully saturated rings. The van der Waals surface area contributed by atoms with E-state index in [9.17, 15) is 9.59 Å². The molecule has 1 saturated carbocycles. The zero-order valence-electron chi connectivity index (χ0n) is 15.8. The second-order valence-corrected chi connectivity index (χ2v) is 8.30. The van der Waals surface area contributed by atoms with Crippen molar-refractivity contribution in [2.24, 2.45) is 17.6 Å². The number of carbonyl (C=O) groups is 2. The lowest BCUT2D eigenvalue weighted by molar-refractivity contribution is -0.138. The lowest BCUT2D eigenvalue weighted by Gasteiger charge is -2.36. The summed E-state index contributed by atoms with van der Waals surface area (Å²) >= 11 is 0. The zero-order valence-corrected chi connectivity index (χ0v) is 15.8. The van der Waals surface area contributed by atoms with Crippen LogP contribution in [0.4, 0.5) is 0 Å². The van der Waals surface area contributed by atoms with Crippen LogP contribution in [0.1, 0.15) is 37.7 Å². The first-order valence-corrected chi connectivity index (χ1v) is 10.1. The number of piperidine rings is 1. The standard InChI is InChI=1S/C21H29N3O3/c22-20(25)14-27-19-6-1-3-15(9-19)10-23-11-16-7-8-18(23)13-24(12-16)21(26)17-4-2-5-17/h1,3,6,9,16-18H,2,4-5,7-8,10-14H2,(H2,22,25)/t16-,18-/m1/s1. The molecule has 3 saturated heterocycles. The van der Waals surface area contributed by atoms with Gasteiger partial charge in [0.05, 0.1) is 0 Å². The monoisotopic (exact) mass is 371 g/mol. The molecule has 2 bridgehead atoms. The normalized spacial score (nSPS) is 25.7. The van der Waals surface area contributed by atoms with Crippen LogP contribution in [-0.4, -0.2) is 53.9 Å². The lowest BCUT2D eigenvalue weighted by Crippen LogP contribution is -2.45. The van der Waals surface area contributed by atoms with E-state index in [1.54, 1.807) is 0 Å². The first kappa shape index (κ1) is 18.3. The number of hydrogen-bond acceptors (Lipinski definition) is 4. The quantitative estimate of drug-likeness (QED) is 0.827. The summed E-state index contributed by atoms with van der Waals surface area (Å²) in [4.78, 5) is 28.3. The molecule has 0 spiro atoms. The van der Waals surface area contributed by atoms with Gasteiger partial charge in [-0.15, -0.1) is 0 Å². The van der Waals surface area contributed by atoms with E-state index < -0.39 is 5.91 Å². The molecule has 27 heavy (non-hydrogen) atoms. The van der Waals surface area contributed by atoms with Gasteiger partial charge in [-0.25, -0.2) is 0 Å². The van der Waals surface area contributed by atoms with Crippen molar-refractivity contribution in [1.29, 1.82) is 0 Å². The molecule has 4 aliphatic rings. The summed E-state index contributed by atoms with van der Waals surface area (Å²) in [5.41, 5.74) is 6.32. The van der Waals surface area contributed by atoms with Crippen LogP contribution < -0.4 is 10.5 Å². The van der Waals surface area contributed by atoms with Crippen molar-refractivity contribution in [1.82, 2.24) is 9.80 Å². The molecule has 2 amide bonds. The van der Waals surface area contributed by atoms with Crippen molar-refractivity contribution in [3.63, 3.8) is 0 Å². The van der Waals surface area contributed by atoms with E-state index in [1.165, 1.54) is 18.4 Å². The molecule has 6 heteroatoms. The Balaban J connectivity index is 1.40. The van der Waals surface area contributed by atoms with Gasteiger partial charge >= 0.3 is 0 Å². The fourth-order valence-electron chi connectivity index (χ4n) is 4.59. The lowest BCUT2D eigenvalue weighted by atomic mass is 9.84. The Morgan fingerprint density at radius 3 is 2.70 bits per heavy atom. The Morgan fingerprint density at radius 2 is 1.96 bits per heavy atom. The van der Waals surface area contributed by atoms with Crippen molar-refractivity contribution >= 4 is 11.8 Å². The molecule has 146 valence electrons. The van der Waals surface area contributed by atoms with E-state index in [2.05, 4.69) is 15.9 Å². The van der Waals surface area contributed by atoms with E-state index in [0.717, 1.165) is 45.4 Å².